The molecule has 140 valence electrons. The minimum absolute atomic E-state index is 0.0887. The quantitative estimate of drug-likeness (QED) is 0.861. The molecule has 0 atom stereocenters. The molecule has 1 aliphatic carbocycles. The molecule has 1 N–H and O–H groups in total. The monoisotopic (exact) mass is 382 g/mol. The molecule has 2 amide bonds. The lowest BCUT2D eigenvalue weighted by atomic mass is 10.1. The number of carbonyl (C=O) groups is 2. The number of aryl methyl sites for hydroxylation is 2. The Labute approximate surface area is 162 Å². The molecule has 1 fully saturated rings. The minimum atomic E-state index is -0.235. The highest BCUT2D eigenvalue weighted by Gasteiger charge is 2.28. The number of carbonyl (C=O) groups excluding carboxylic acids is 2. The van der Waals surface area contributed by atoms with Gasteiger partial charge in [0.15, 0.2) is 0 Å². The first-order chi connectivity index (χ1) is 13.0. The van der Waals surface area contributed by atoms with E-state index in [1.807, 2.05) is 32.0 Å². The molecule has 2 heterocycles. The second-order valence-electron chi connectivity index (χ2n) is 7.17. The minimum Gasteiger partial charge on any atom is -0.344 e. The zero-order valence-electron chi connectivity index (χ0n) is 15.5. The van der Waals surface area contributed by atoms with E-state index in [4.69, 9.17) is 0 Å². The van der Waals surface area contributed by atoms with Gasteiger partial charge in [-0.2, -0.15) is 5.10 Å². The molecule has 1 aromatic carbocycles. The number of hydrazone groups is 1. The number of nitrogens with zero attached hydrogens (tertiary/aromatic N) is 3. The van der Waals surface area contributed by atoms with Crippen LogP contribution in [0.15, 0.2) is 28.7 Å². The molecule has 1 saturated carbocycles. The number of aromatic nitrogens is 1. The lowest BCUT2D eigenvalue weighted by molar-refractivity contribution is -0.119. The number of amides is 2. The Morgan fingerprint density at radius 2 is 2.11 bits per heavy atom. The second kappa shape index (κ2) is 7.23. The summed E-state index contributed by atoms with van der Waals surface area (Å²) in [5.41, 5.74) is 4.26. The van der Waals surface area contributed by atoms with Crippen LogP contribution in [0.3, 0.4) is 0 Å². The molecule has 7 heteroatoms. The summed E-state index contributed by atoms with van der Waals surface area (Å²) in [4.78, 5) is 29.5. The summed E-state index contributed by atoms with van der Waals surface area (Å²) in [6.07, 6.45) is 3.07. The molecule has 0 radical (unpaired) electrons. The summed E-state index contributed by atoms with van der Waals surface area (Å²) in [6, 6.07) is 5.88. The highest BCUT2D eigenvalue weighted by Crippen LogP contribution is 2.40. The van der Waals surface area contributed by atoms with Crippen LogP contribution in [0.25, 0.3) is 0 Å². The topological polar surface area (TPSA) is 74.7 Å². The van der Waals surface area contributed by atoms with E-state index in [9.17, 15) is 9.59 Å². The zero-order valence-corrected chi connectivity index (χ0v) is 16.3. The molecule has 27 heavy (non-hydrogen) atoms. The summed E-state index contributed by atoms with van der Waals surface area (Å²) in [6.45, 7) is 4.30. The first-order valence-corrected chi connectivity index (χ1v) is 10.1. The van der Waals surface area contributed by atoms with E-state index >= 15 is 0 Å². The van der Waals surface area contributed by atoms with Gasteiger partial charge in [0, 0.05) is 24.1 Å². The maximum absolute atomic E-state index is 12.6. The summed E-state index contributed by atoms with van der Waals surface area (Å²) < 4.78 is 0. The third kappa shape index (κ3) is 3.93. The molecule has 0 bridgehead atoms. The van der Waals surface area contributed by atoms with Crippen LogP contribution in [0, 0.1) is 13.8 Å². The Bertz CT molecular complexity index is 930. The van der Waals surface area contributed by atoms with Crippen molar-refractivity contribution in [1.29, 1.82) is 0 Å². The van der Waals surface area contributed by atoms with Crippen molar-refractivity contribution in [2.45, 2.75) is 52.0 Å². The number of rotatable bonds is 5. The maximum atomic E-state index is 12.6. The zero-order chi connectivity index (χ0) is 19.0. The number of thiazole rings is 1. The predicted molar refractivity (Wildman–Crippen MR) is 106 cm³/mol. The fraction of sp³-hybridized carbons (Fsp3) is 0.400. The van der Waals surface area contributed by atoms with Crippen molar-refractivity contribution in [2.24, 2.45) is 5.10 Å². The van der Waals surface area contributed by atoms with Crippen LogP contribution in [0.4, 0.5) is 5.69 Å². The molecular weight excluding hydrogens is 360 g/mol. The Morgan fingerprint density at radius 1 is 1.30 bits per heavy atom. The average molecular weight is 382 g/mol. The Balaban J connectivity index is 1.47. The first kappa shape index (κ1) is 17.9. The number of hydrogen-bond acceptors (Lipinski definition) is 5. The van der Waals surface area contributed by atoms with E-state index < -0.39 is 0 Å². The third-order valence-electron chi connectivity index (χ3n) is 4.85. The van der Waals surface area contributed by atoms with Crippen LogP contribution in [-0.4, -0.2) is 22.5 Å². The molecule has 1 aliphatic heterocycles. The van der Waals surface area contributed by atoms with Crippen LogP contribution >= 0.6 is 11.3 Å². The van der Waals surface area contributed by atoms with Gasteiger partial charge in [0.1, 0.15) is 10.7 Å². The Kier molecular flexibility index (Phi) is 4.78. The van der Waals surface area contributed by atoms with Gasteiger partial charge < -0.3 is 5.32 Å². The van der Waals surface area contributed by atoms with Gasteiger partial charge >= 0.3 is 0 Å². The number of nitrogens with one attached hydrogen (secondary N) is 1. The van der Waals surface area contributed by atoms with Crippen molar-refractivity contribution >= 4 is 34.6 Å². The lowest BCUT2D eigenvalue weighted by Gasteiger charge is -2.24. The number of benzene rings is 1. The lowest BCUT2D eigenvalue weighted by Crippen LogP contribution is -2.39. The summed E-state index contributed by atoms with van der Waals surface area (Å²) in [5.74, 6) is 0.292. The van der Waals surface area contributed by atoms with Crippen LogP contribution in [0.2, 0.25) is 0 Å². The van der Waals surface area contributed by atoms with E-state index in [0.717, 1.165) is 27.5 Å². The van der Waals surface area contributed by atoms with Crippen LogP contribution in [-0.2, 0) is 16.1 Å². The molecule has 0 unspecified atom stereocenters. The van der Waals surface area contributed by atoms with Gasteiger partial charge in [0.25, 0.3) is 5.91 Å². The largest absolute Gasteiger partial charge is 0.344 e. The molecule has 6 nitrogen and oxygen atoms in total. The molecule has 4 rings (SSSR count). The molecule has 2 aliphatic rings. The van der Waals surface area contributed by atoms with E-state index in [1.165, 1.54) is 17.9 Å². The van der Waals surface area contributed by atoms with E-state index in [0.29, 0.717) is 24.6 Å². The van der Waals surface area contributed by atoms with Crippen molar-refractivity contribution in [1.82, 2.24) is 10.3 Å². The highest BCUT2D eigenvalue weighted by atomic mass is 32.1. The molecule has 1 aromatic heterocycles. The first-order valence-electron chi connectivity index (χ1n) is 9.21. The molecular formula is C20H22N4O2S. The van der Waals surface area contributed by atoms with Crippen LogP contribution in [0.1, 0.15) is 53.4 Å². The predicted octanol–water partition coefficient (Wildman–Crippen LogP) is 3.44. The van der Waals surface area contributed by atoms with Gasteiger partial charge in [-0.25, -0.2) is 9.99 Å². The van der Waals surface area contributed by atoms with Crippen molar-refractivity contribution in [3.8, 4) is 0 Å². The Morgan fingerprint density at radius 3 is 2.89 bits per heavy atom. The van der Waals surface area contributed by atoms with Gasteiger partial charge in [0.05, 0.1) is 17.9 Å². The molecule has 2 aromatic rings. The average Bonchev–Trinajstić information content (AvgIpc) is 3.40. The van der Waals surface area contributed by atoms with Gasteiger partial charge in [-0.1, -0.05) is 12.1 Å². The van der Waals surface area contributed by atoms with Crippen molar-refractivity contribution in [2.75, 3.05) is 5.01 Å². The standard InChI is InChI=1S/C20H22N4O2S/c1-12-3-4-13(2)17(9-12)24-19(25)8-7-15(23-24)20(26)21-10-18-22-16(11-27-18)14-5-6-14/h3-4,9,11,14H,5-8,10H2,1-2H3,(H,21,26). The van der Waals surface area contributed by atoms with E-state index in [-0.39, 0.29) is 18.2 Å². The Hall–Kier alpha value is -2.54. The van der Waals surface area contributed by atoms with Gasteiger partial charge in [0.2, 0.25) is 5.91 Å². The second-order valence-corrected chi connectivity index (χ2v) is 8.11. The van der Waals surface area contributed by atoms with E-state index in [2.05, 4.69) is 20.8 Å². The third-order valence-corrected chi connectivity index (χ3v) is 5.72. The smallest absolute Gasteiger partial charge is 0.267 e. The SMILES string of the molecule is Cc1ccc(C)c(N2N=C(C(=O)NCc3nc(C4CC4)cs3)CCC2=O)c1. The summed E-state index contributed by atoms with van der Waals surface area (Å²) in [5, 5.41) is 11.6. The maximum Gasteiger partial charge on any atom is 0.267 e. The fourth-order valence-electron chi connectivity index (χ4n) is 3.08. The van der Waals surface area contributed by atoms with Crippen LogP contribution < -0.4 is 10.3 Å². The normalized spacial score (nSPS) is 17.0. The van der Waals surface area contributed by atoms with Crippen molar-refractivity contribution < 1.29 is 9.59 Å². The van der Waals surface area contributed by atoms with Gasteiger partial charge in [-0.15, -0.1) is 11.3 Å². The van der Waals surface area contributed by atoms with Gasteiger partial charge in [-0.05, 0) is 43.9 Å². The fourth-order valence-corrected chi connectivity index (χ4v) is 3.90. The molecule has 0 saturated heterocycles. The van der Waals surface area contributed by atoms with Crippen molar-refractivity contribution in [3.05, 3.63) is 45.4 Å². The number of anilines is 1. The highest BCUT2D eigenvalue weighted by molar-refractivity contribution is 7.09. The molecule has 0 spiro atoms. The van der Waals surface area contributed by atoms with E-state index in [1.54, 1.807) is 11.3 Å². The summed E-state index contributed by atoms with van der Waals surface area (Å²) >= 11 is 1.58. The van der Waals surface area contributed by atoms with Crippen molar-refractivity contribution in [3.63, 3.8) is 0 Å². The number of hydrogen-bond donors (Lipinski definition) is 1. The van der Waals surface area contributed by atoms with Gasteiger partial charge in [-0.3, -0.25) is 9.59 Å². The van der Waals surface area contributed by atoms with Crippen LogP contribution in [0.5, 0.6) is 0 Å². The summed E-state index contributed by atoms with van der Waals surface area (Å²) in [7, 11) is 0.